The first-order valence-electron chi connectivity index (χ1n) is 6.20. The van der Waals surface area contributed by atoms with Crippen molar-refractivity contribution in [2.45, 2.75) is 52.6 Å². The fraction of sp³-hybridized carbons (Fsp3) is 0.857. The number of hydrogen-bond acceptors (Lipinski definition) is 1. The van der Waals surface area contributed by atoms with E-state index >= 15 is 0 Å². The second kappa shape index (κ2) is 3.35. The van der Waals surface area contributed by atoms with Crippen LogP contribution in [-0.4, -0.2) is 10.7 Å². The van der Waals surface area contributed by atoms with Crippen molar-refractivity contribution < 1.29 is 5.11 Å². The number of allylic oxidation sites excluding steroid dienone is 2. The Kier molecular flexibility index (Phi) is 2.50. The highest BCUT2D eigenvalue weighted by Gasteiger charge is 2.43. The molecule has 1 nitrogen and oxygen atoms in total. The van der Waals surface area contributed by atoms with E-state index in [-0.39, 0.29) is 5.41 Å². The molecule has 1 fully saturated rings. The summed E-state index contributed by atoms with van der Waals surface area (Å²) in [6, 6.07) is 0. The summed E-state index contributed by atoms with van der Waals surface area (Å²) in [7, 11) is 0. The van der Waals surface area contributed by atoms with Gasteiger partial charge in [0.25, 0.3) is 0 Å². The fourth-order valence-corrected chi connectivity index (χ4v) is 2.95. The van der Waals surface area contributed by atoms with E-state index in [0.29, 0.717) is 5.92 Å². The number of fused-ring (bicyclic) bond motifs is 2. The highest BCUT2D eigenvalue weighted by atomic mass is 16.3. The minimum atomic E-state index is -0.532. The van der Waals surface area contributed by atoms with Gasteiger partial charge in [0.05, 0.1) is 5.60 Å². The van der Waals surface area contributed by atoms with E-state index in [0.717, 1.165) is 18.3 Å². The molecule has 0 spiro atoms. The highest BCUT2D eigenvalue weighted by Crippen LogP contribution is 2.48. The van der Waals surface area contributed by atoms with Crippen LogP contribution in [0.25, 0.3) is 0 Å². The Labute approximate surface area is 93.6 Å². The molecule has 0 aliphatic heterocycles. The quantitative estimate of drug-likeness (QED) is 0.690. The van der Waals surface area contributed by atoms with E-state index in [9.17, 15) is 5.11 Å². The molecular formula is C14H24O. The van der Waals surface area contributed by atoms with Gasteiger partial charge in [0.15, 0.2) is 0 Å². The smallest absolute Gasteiger partial charge is 0.0670 e. The van der Waals surface area contributed by atoms with Gasteiger partial charge in [-0.2, -0.15) is 0 Å². The van der Waals surface area contributed by atoms with Crippen LogP contribution in [0.2, 0.25) is 0 Å². The predicted octanol–water partition coefficient (Wildman–Crippen LogP) is 3.39. The lowest BCUT2D eigenvalue weighted by Gasteiger charge is -2.40. The molecule has 86 valence electrons. The van der Waals surface area contributed by atoms with Crippen LogP contribution in [0, 0.1) is 23.2 Å². The molecule has 2 aliphatic rings. The van der Waals surface area contributed by atoms with Crippen molar-refractivity contribution >= 4 is 0 Å². The van der Waals surface area contributed by atoms with Gasteiger partial charge in [0.2, 0.25) is 0 Å². The van der Waals surface area contributed by atoms with Gasteiger partial charge >= 0.3 is 0 Å². The van der Waals surface area contributed by atoms with E-state index in [1.54, 1.807) is 0 Å². The molecule has 0 amide bonds. The molecule has 4 unspecified atom stereocenters. The van der Waals surface area contributed by atoms with Gasteiger partial charge in [0.1, 0.15) is 0 Å². The first-order valence-corrected chi connectivity index (χ1v) is 6.20. The monoisotopic (exact) mass is 208 g/mol. The lowest BCUT2D eigenvalue weighted by molar-refractivity contribution is -0.0620. The Hall–Kier alpha value is -0.300. The van der Waals surface area contributed by atoms with Crippen LogP contribution in [-0.2, 0) is 0 Å². The Morgan fingerprint density at radius 1 is 1.13 bits per heavy atom. The molecule has 2 rings (SSSR count). The Balaban J connectivity index is 2.01. The Morgan fingerprint density at radius 3 is 2.20 bits per heavy atom. The molecule has 2 aliphatic carbocycles. The summed E-state index contributed by atoms with van der Waals surface area (Å²) in [6.07, 6.45) is 8.34. The van der Waals surface area contributed by atoms with Gasteiger partial charge in [-0.3, -0.25) is 0 Å². The van der Waals surface area contributed by atoms with Crippen LogP contribution in [0.15, 0.2) is 12.2 Å². The second-order valence-corrected chi connectivity index (χ2v) is 6.77. The van der Waals surface area contributed by atoms with Crippen molar-refractivity contribution in [3.8, 4) is 0 Å². The van der Waals surface area contributed by atoms with Crippen LogP contribution in [0.4, 0.5) is 0 Å². The fourth-order valence-electron chi connectivity index (χ4n) is 2.95. The minimum Gasteiger partial charge on any atom is -0.390 e. The lowest BCUT2D eigenvalue weighted by atomic mass is 9.71. The molecule has 1 saturated carbocycles. The third-order valence-electron chi connectivity index (χ3n) is 4.69. The molecule has 0 radical (unpaired) electrons. The highest BCUT2D eigenvalue weighted by molar-refractivity contribution is 5.11. The summed E-state index contributed by atoms with van der Waals surface area (Å²) < 4.78 is 0. The molecule has 0 saturated heterocycles. The average molecular weight is 208 g/mol. The average Bonchev–Trinajstić information content (AvgIpc) is 2.61. The molecule has 4 atom stereocenters. The Bertz CT molecular complexity index is 270. The summed E-state index contributed by atoms with van der Waals surface area (Å²) in [6.45, 7) is 8.41. The summed E-state index contributed by atoms with van der Waals surface area (Å²) in [5, 5.41) is 10.5. The summed E-state index contributed by atoms with van der Waals surface area (Å²) in [5.41, 5.74) is -0.547. The molecule has 15 heavy (non-hydrogen) atoms. The van der Waals surface area contributed by atoms with Gasteiger partial charge in [-0.1, -0.05) is 32.9 Å². The molecule has 0 aromatic rings. The SMILES string of the molecule is CC(C)(C)C(C)(O)CC1CC2C=CC1C2. The molecule has 1 N–H and O–H groups in total. The van der Waals surface area contributed by atoms with Gasteiger partial charge in [-0.05, 0) is 49.4 Å². The normalized spacial score (nSPS) is 38.3. The number of aliphatic hydroxyl groups is 1. The molecule has 0 heterocycles. The zero-order valence-corrected chi connectivity index (χ0v) is 10.5. The van der Waals surface area contributed by atoms with Crippen LogP contribution in [0.5, 0.6) is 0 Å². The van der Waals surface area contributed by atoms with Crippen LogP contribution in [0.1, 0.15) is 47.0 Å². The third kappa shape index (κ3) is 1.99. The van der Waals surface area contributed by atoms with Gasteiger partial charge in [0, 0.05) is 0 Å². The van der Waals surface area contributed by atoms with Gasteiger partial charge in [-0.15, -0.1) is 0 Å². The summed E-state index contributed by atoms with van der Waals surface area (Å²) in [5.74, 6) is 2.29. The van der Waals surface area contributed by atoms with Crippen LogP contribution >= 0.6 is 0 Å². The predicted molar refractivity (Wildman–Crippen MR) is 63.5 cm³/mol. The zero-order valence-electron chi connectivity index (χ0n) is 10.5. The van der Waals surface area contributed by atoms with E-state index < -0.39 is 5.60 Å². The molecule has 0 aromatic carbocycles. The maximum atomic E-state index is 10.5. The van der Waals surface area contributed by atoms with E-state index in [1.165, 1.54) is 12.8 Å². The van der Waals surface area contributed by atoms with Crippen molar-refractivity contribution in [1.82, 2.24) is 0 Å². The van der Waals surface area contributed by atoms with Crippen LogP contribution in [0.3, 0.4) is 0 Å². The first kappa shape index (κ1) is 11.2. The van der Waals surface area contributed by atoms with Gasteiger partial charge < -0.3 is 5.11 Å². The minimum absolute atomic E-state index is 0.0153. The first-order chi connectivity index (χ1) is 6.79. The third-order valence-corrected chi connectivity index (χ3v) is 4.69. The largest absolute Gasteiger partial charge is 0.390 e. The van der Waals surface area contributed by atoms with Crippen LogP contribution < -0.4 is 0 Å². The molecular weight excluding hydrogens is 184 g/mol. The summed E-state index contributed by atoms with van der Waals surface area (Å²) >= 11 is 0. The summed E-state index contributed by atoms with van der Waals surface area (Å²) in [4.78, 5) is 0. The van der Waals surface area contributed by atoms with E-state index in [2.05, 4.69) is 32.9 Å². The van der Waals surface area contributed by atoms with E-state index in [4.69, 9.17) is 0 Å². The van der Waals surface area contributed by atoms with Crippen molar-refractivity contribution in [2.24, 2.45) is 23.2 Å². The number of rotatable bonds is 2. The van der Waals surface area contributed by atoms with Crippen molar-refractivity contribution in [3.63, 3.8) is 0 Å². The van der Waals surface area contributed by atoms with Crippen molar-refractivity contribution in [1.29, 1.82) is 0 Å². The van der Waals surface area contributed by atoms with E-state index in [1.807, 2.05) is 6.92 Å². The number of hydrogen-bond donors (Lipinski definition) is 1. The maximum absolute atomic E-state index is 10.5. The maximum Gasteiger partial charge on any atom is 0.0670 e. The lowest BCUT2D eigenvalue weighted by Crippen LogP contribution is -2.42. The topological polar surface area (TPSA) is 20.2 Å². The van der Waals surface area contributed by atoms with Crippen molar-refractivity contribution in [3.05, 3.63) is 12.2 Å². The Morgan fingerprint density at radius 2 is 1.80 bits per heavy atom. The molecule has 1 heteroatoms. The molecule has 0 aromatic heterocycles. The van der Waals surface area contributed by atoms with Crippen molar-refractivity contribution in [2.75, 3.05) is 0 Å². The zero-order chi connectivity index (χ0) is 11.3. The molecule has 2 bridgehead atoms. The standard InChI is InChI=1S/C14H24O/c1-13(2,3)14(4,15)9-12-8-10-5-6-11(12)7-10/h5-6,10-12,15H,7-9H2,1-4H3. The second-order valence-electron chi connectivity index (χ2n) is 6.77. The van der Waals surface area contributed by atoms with Gasteiger partial charge in [-0.25, -0.2) is 0 Å².